The summed E-state index contributed by atoms with van der Waals surface area (Å²) in [6.45, 7) is 2.23. The van der Waals surface area contributed by atoms with E-state index in [2.05, 4.69) is 6.92 Å². The Balaban J connectivity index is 3.44. The Kier molecular flexibility index (Phi) is 14.6. The number of rotatable bonds is 15. The fraction of sp³-hybridized carbons (Fsp3) is 0.882. The van der Waals surface area contributed by atoms with Crippen LogP contribution in [0.1, 0.15) is 90.4 Å². The largest absolute Gasteiger partial charge is 0.506 e. The lowest BCUT2D eigenvalue weighted by atomic mass is 10.0. The van der Waals surface area contributed by atoms with Crippen molar-refractivity contribution in [1.29, 1.82) is 0 Å². The van der Waals surface area contributed by atoms with Gasteiger partial charge in [-0.3, -0.25) is 0 Å². The molecule has 0 amide bonds. The Morgan fingerprint density at radius 3 is 1.95 bits per heavy atom. The van der Waals surface area contributed by atoms with Crippen LogP contribution in [0, 0.1) is 0 Å². The molecule has 0 aliphatic heterocycles. The van der Waals surface area contributed by atoms with Crippen molar-refractivity contribution in [2.45, 2.75) is 96.5 Å². The lowest BCUT2D eigenvalue weighted by molar-refractivity contribution is -0.108. The van der Waals surface area contributed by atoms with Gasteiger partial charge >= 0.3 is 6.16 Å². The van der Waals surface area contributed by atoms with Gasteiger partial charge in [0.1, 0.15) is 12.4 Å². The summed E-state index contributed by atoms with van der Waals surface area (Å²) < 4.78 is 4.79. The van der Waals surface area contributed by atoms with Crippen LogP contribution in [0.15, 0.2) is 0 Å². The minimum Gasteiger partial charge on any atom is -0.450 e. The predicted octanol–water partition coefficient (Wildman–Crippen LogP) is 5.34. The molecule has 0 heterocycles. The van der Waals surface area contributed by atoms with E-state index >= 15 is 0 Å². The number of carbonyl (C=O) groups is 2. The number of hydrogen-bond donors (Lipinski definition) is 1. The van der Waals surface area contributed by atoms with E-state index < -0.39 is 6.16 Å². The number of carboxylic acid groups (broad SMARTS) is 1. The van der Waals surface area contributed by atoms with Crippen LogP contribution in [-0.2, 0) is 9.53 Å². The minimum absolute atomic E-state index is 0.318. The molecule has 1 unspecified atom stereocenters. The summed E-state index contributed by atoms with van der Waals surface area (Å²) >= 11 is 0. The average molecular weight is 300 g/mol. The van der Waals surface area contributed by atoms with E-state index in [-0.39, 0.29) is 6.10 Å². The Bertz CT molecular complexity index is 253. The van der Waals surface area contributed by atoms with Crippen LogP contribution in [0.2, 0.25) is 0 Å². The van der Waals surface area contributed by atoms with Gasteiger partial charge in [-0.15, -0.1) is 0 Å². The molecule has 1 N–H and O–H groups in total. The SMILES string of the molecule is CCCCCCCCCCCCC(CCC=O)OC(=O)O. The van der Waals surface area contributed by atoms with Crippen LogP contribution in [0.5, 0.6) is 0 Å². The molecule has 0 aliphatic rings. The van der Waals surface area contributed by atoms with E-state index in [9.17, 15) is 9.59 Å². The lowest BCUT2D eigenvalue weighted by Crippen LogP contribution is -2.17. The van der Waals surface area contributed by atoms with Crippen molar-refractivity contribution in [3.8, 4) is 0 Å². The third-order valence-corrected chi connectivity index (χ3v) is 3.75. The first-order valence-electron chi connectivity index (χ1n) is 8.54. The maximum Gasteiger partial charge on any atom is 0.506 e. The third-order valence-electron chi connectivity index (χ3n) is 3.75. The van der Waals surface area contributed by atoms with Crippen molar-refractivity contribution in [1.82, 2.24) is 0 Å². The summed E-state index contributed by atoms with van der Waals surface area (Å²) in [7, 11) is 0. The summed E-state index contributed by atoms with van der Waals surface area (Å²) in [6.07, 6.45) is 13.5. The number of hydrogen-bond acceptors (Lipinski definition) is 3. The Morgan fingerprint density at radius 1 is 0.952 bits per heavy atom. The molecule has 0 saturated carbocycles. The van der Waals surface area contributed by atoms with Crippen LogP contribution < -0.4 is 0 Å². The average Bonchev–Trinajstić information content (AvgIpc) is 2.46. The molecule has 21 heavy (non-hydrogen) atoms. The first kappa shape index (κ1) is 19.9. The van der Waals surface area contributed by atoms with Crippen molar-refractivity contribution in [2.75, 3.05) is 0 Å². The van der Waals surface area contributed by atoms with Crippen molar-refractivity contribution < 1.29 is 19.4 Å². The molecule has 1 atom stereocenters. The van der Waals surface area contributed by atoms with Gasteiger partial charge in [-0.2, -0.15) is 0 Å². The fourth-order valence-corrected chi connectivity index (χ4v) is 2.52. The monoisotopic (exact) mass is 300 g/mol. The predicted molar refractivity (Wildman–Crippen MR) is 84.7 cm³/mol. The topological polar surface area (TPSA) is 63.6 Å². The molecule has 0 fully saturated rings. The first-order valence-corrected chi connectivity index (χ1v) is 8.54. The summed E-state index contributed by atoms with van der Waals surface area (Å²) in [6, 6.07) is 0. The molecule has 0 aromatic rings. The van der Waals surface area contributed by atoms with Crippen LogP contribution in [0.4, 0.5) is 4.79 Å². The van der Waals surface area contributed by atoms with Crippen LogP contribution >= 0.6 is 0 Å². The van der Waals surface area contributed by atoms with Crippen molar-refractivity contribution >= 4 is 12.4 Å². The van der Waals surface area contributed by atoms with Crippen LogP contribution in [0.25, 0.3) is 0 Å². The lowest BCUT2D eigenvalue weighted by Gasteiger charge is -2.14. The second-order valence-corrected chi connectivity index (χ2v) is 5.72. The molecular weight excluding hydrogens is 268 g/mol. The van der Waals surface area contributed by atoms with Gasteiger partial charge in [0.05, 0.1) is 0 Å². The van der Waals surface area contributed by atoms with Gasteiger partial charge in [-0.1, -0.05) is 64.7 Å². The number of aldehydes is 1. The zero-order valence-electron chi connectivity index (χ0n) is 13.5. The molecule has 0 radical (unpaired) electrons. The summed E-state index contributed by atoms with van der Waals surface area (Å²) in [5, 5.41) is 8.63. The van der Waals surface area contributed by atoms with Crippen molar-refractivity contribution in [2.24, 2.45) is 0 Å². The Hall–Kier alpha value is -1.06. The molecule has 0 aromatic heterocycles. The van der Waals surface area contributed by atoms with Gasteiger partial charge < -0.3 is 14.6 Å². The molecule has 0 aliphatic carbocycles. The van der Waals surface area contributed by atoms with Crippen LogP contribution in [0.3, 0.4) is 0 Å². The Morgan fingerprint density at radius 2 is 1.48 bits per heavy atom. The normalized spacial score (nSPS) is 12.0. The molecule has 0 saturated heterocycles. The van der Waals surface area contributed by atoms with E-state index in [1.165, 1.54) is 51.4 Å². The maximum atomic E-state index is 10.5. The van der Waals surface area contributed by atoms with Gasteiger partial charge in [0.15, 0.2) is 0 Å². The number of ether oxygens (including phenoxy) is 1. The van der Waals surface area contributed by atoms with Gasteiger partial charge in [0.2, 0.25) is 0 Å². The zero-order valence-corrected chi connectivity index (χ0v) is 13.5. The van der Waals surface area contributed by atoms with Gasteiger partial charge in [-0.25, -0.2) is 4.79 Å². The zero-order chi connectivity index (χ0) is 15.8. The van der Waals surface area contributed by atoms with Gasteiger partial charge in [0.25, 0.3) is 0 Å². The van der Waals surface area contributed by atoms with E-state index in [1.807, 2.05) is 0 Å². The second kappa shape index (κ2) is 15.3. The smallest absolute Gasteiger partial charge is 0.450 e. The fourth-order valence-electron chi connectivity index (χ4n) is 2.52. The summed E-state index contributed by atoms with van der Waals surface area (Å²) in [4.78, 5) is 20.9. The molecule has 0 rings (SSSR count). The van der Waals surface area contributed by atoms with E-state index in [1.54, 1.807) is 0 Å². The Labute approximate surface area is 129 Å². The highest BCUT2D eigenvalue weighted by atomic mass is 16.7. The third kappa shape index (κ3) is 15.2. The first-order chi connectivity index (χ1) is 10.2. The molecule has 4 heteroatoms. The standard InChI is InChI=1S/C17H32O4/c1-2-3-4-5-6-7-8-9-10-11-13-16(14-12-15-18)21-17(19)20/h15-16H,2-14H2,1H3,(H,19,20). The molecule has 4 nitrogen and oxygen atoms in total. The van der Waals surface area contributed by atoms with E-state index in [0.717, 1.165) is 25.5 Å². The van der Waals surface area contributed by atoms with Crippen LogP contribution in [-0.4, -0.2) is 23.7 Å². The van der Waals surface area contributed by atoms with Gasteiger partial charge in [-0.05, 0) is 19.3 Å². The molecule has 0 spiro atoms. The van der Waals surface area contributed by atoms with E-state index in [4.69, 9.17) is 9.84 Å². The highest BCUT2D eigenvalue weighted by Crippen LogP contribution is 2.15. The molecule has 0 bridgehead atoms. The second-order valence-electron chi connectivity index (χ2n) is 5.72. The number of unbranched alkanes of at least 4 members (excludes halogenated alkanes) is 9. The molecule has 0 aromatic carbocycles. The number of carbonyl (C=O) groups excluding carboxylic acids is 1. The quantitative estimate of drug-likeness (QED) is 0.252. The summed E-state index contributed by atoms with van der Waals surface area (Å²) in [5.74, 6) is 0. The highest BCUT2D eigenvalue weighted by Gasteiger charge is 2.12. The highest BCUT2D eigenvalue weighted by molar-refractivity contribution is 5.57. The minimum atomic E-state index is -1.24. The van der Waals surface area contributed by atoms with Gasteiger partial charge in [0, 0.05) is 6.42 Å². The maximum absolute atomic E-state index is 10.5. The molecular formula is C17H32O4. The molecule has 124 valence electrons. The van der Waals surface area contributed by atoms with E-state index in [0.29, 0.717) is 12.8 Å². The summed E-state index contributed by atoms with van der Waals surface area (Å²) in [5.41, 5.74) is 0. The van der Waals surface area contributed by atoms with Crippen molar-refractivity contribution in [3.63, 3.8) is 0 Å². The van der Waals surface area contributed by atoms with Crippen molar-refractivity contribution in [3.05, 3.63) is 0 Å².